The highest BCUT2D eigenvalue weighted by Crippen LogP contribution is 2.22. The third kappa shape index (κ3) is 9.75. The summed E-state index contributed by atoms with van der Waals surface area (Å²) in [6, 6.07) is -0.332. The molecule has 23 heavy (non-hydrogen) atoms. The summed E-state index contributed by atoms with van der Waals surface area (Å²) in [4.78, 5) is 24.6. The number of nitrogens with one attached hydrogen (secondary N) is 1. The van der Waals surface area contributed by atoms with Gasteiger partial charge in [0.05, 0.1) is 12.6 Å². The molecule has 0 aliphatic heterocycles. The summed E-state index contributed by atoms with van der Waals surface area (Å²) < 4.78 is 5.37. The molecule has 0 aromatic carbocycles. The summed E-state index contributed by atoms with van der Waals surface area (Å²) in [5.41, 5.74) is -0.614. The minimum Gasteiger partial charge on any atom is -0.465 e. The highest BCUT2D eigenvalue weighted by Gasteiger charge is 2.32. The highest BCUT2D eigenvalue weighted by atomic mass is 16.5. The molecule has 1 N–H and O–H groups in total. The van der Waals surface area contributed by atoms with E-state index in [1.54, 1.807) is 0 Å². The summed E-state index contributed by atoms with van der Waals surface area (Å²) in [5.74, 6) is -0.0944. The van der Waals surface area contributed by atoms with E-state index < -0.39 is 5.41 Å². The lowest BCUT2D eigenvalue weighted by atomic mass is 9.84. The Morgan fingerprint density at radius 3 is 1.91 bits per heavy atom. The molecule has 4 heteroatoms. The number of ketones is 1. The molecule has 1 atom stereocenters. The summed E-state index contributed by atoms with van der Waals surface area (Å²) in [6.45, 7) is 18.5. The Morgan fingerprint density at radius 1 is 1.00 bits per heavy atom. The second-order valence-corrected chi connectivity index (χ2v) is 9.28. The van der Waals surface area contributed by atoms with E-state index in [1.807, 2.05) is 41.5 Å². The minimum absolute atomic E-state index is 0.0000494. The predicted octanol–water partition coefficient (Wildman–Crippen LogP) is 4.12. The van der Waals surface area contributed by atoms with E-state index in [9.17, 15) is 9.59 Å². The fourth-order valence-corrected chi connectivity index (χ4v) is 2.03. The first-order chi connectivity index (χ1) is 10.2. The molecule has 0 radical (unpaired) electrons. The normalized spacial score (nSPS) is 14.5. The number of Topliss-reactive ketones (excluding diaryl/α,β-unsaturated/α-hetero) is 1. The van der Waals surface area contributed by atoms with Crippen molar-refractivity contribution >= 4 is 11.8 Å². The quantitative estimate of drug-likeness (QED) is 0.681. The maximum absolute atomic E-state index is 12.6. The molecule has 0 amide bonds. The van der Waals surface area contributed by atoms with Gasteiger partial charge in [0, 0.05) is 17.4 Å². The van der Waals surface area contributed by atoms with E-state index in [2.05, 4.69) is 26.1 Å². The van der Waals surface area contributed by atoms with Crippen LogP contribution in [0.3, 0.4) is 0 Å². The van der Waals surface area contributed by atoms with Crippen molar-refractivity contribution in [3.63, 3.8) is 0 Å². The van der Waals surface area contributed by atoms with Crippen LogP contribution in [-0.2, 0) is 14.3 Å². The first kappa shape index (κ1) is 22.1. The van der Waals surface area contributed by atoms with Crippen molar-refractivity contribution < 1.29 is 14.3 Å². The van der Waals surface area contributed by atoms with Crippen LogP contribution >= 0.6 is 0 Å². The third-order valence-electron chi connectivity index (χ3n) is 3.88. The van der Waals surface area contributed by atoms with E-state index in [4.69, 9.17) is 4.74 Å². The fourth-order valence-electron chi connectivity index (χ4n) is 2.03. The maximum atomic E-state index is 12.6. The zero-order valence-electron chi connectivity index (χ0n) is 16.6. The largest absolute Gasteiger partial charge is 0.465 e. The van der Waals surface area contributed by atoms with E-state index in [0.717, 1.165) is 6.42 Å². The number of esters is 1. The number of hydrogen-bond donors (Lipinski definition) is 1. The molecule has 0 saturated heterocycles. The molecule has 0 heterocycles. The molecule has 0 spiro atoms. The van der Waals surface area contributed by atoms with Gasteiger partial charge in [0.2, 0.25) is 0 Å². The summed E-state index contributed by atoms with van der Waals surface area (Å²) in [7, 11) is 0. The van der Waals surface area contributed by atoms with Crippen molar-refractivity contribution in [1.82, 2.24) is 5.32 Å². The van der Waals surface area contributed by atoms with Gasteiger partial charge < -0.3 is 10.1 Å². The van der Waals surface area contributed by atoms with Gasteiger partial charge in [-0.05, 0) is 39.0 Å². The highest BCUT2D eigenvalue weighted by molar-refractivity contribution is 5.89. The number of ether oxygens (including phenoxy) is 1. The zero-order chi connectivity index (χ0) is 18.5. The van der Waals surface area contributed by atoms with Crippen molar-refractivity contribution in [1.29, 1.82) is 0 Å². The number of carbonyl (C=O) groups excluding carboxylic acids is 2. The lowest BCUT2D eigenvalue weighted by molar-refractivity contribution is -0.147. The first-order valence-electron chi connectivity index (χ1n) is 8.65. The second kappa shape index (κ2) is 8.27. The van der Waals surface area contributed by atoms with E-state index in [0.29, 0.717) is 13.0 Å². The summed E-state index contributed by atoms with van der Waals surface area (Å²) >= 11 is 0. The molecule has 0 fully saturated rings. The van der Waals surface area contributed by atoms with Gasteiger partial charge in [0.25, 0.3) is 0 Å². The van der Waals surface area contributed by atoms with Gasteiger partial charge in [-0.2, -0.15) is 0 Å². The van der Waals surface area contributed by atoms with Crippen LogP contribution in [0.2, 0.25) is 0 Å². The van der Waals surface area contributed by atoms with Crippen molar-refractivity contribution in [2.75, 3.05) is 6.61 Å². The maximum Gasteiger partial charge on any atom is 0.305 e. The van der Waals surface area contributed by atoms with Crippen molar-refractivity contribution in [2.45, 2.75) is 93.2 Å². The topological polar surface area (TPSA) is 55.4 Å². The first-order valence-corrected chi connectivity index (χ1v) is 8.65. The van der Waals surface area contributed by atoms with E-state index in [-0.39, 0.29) is 35.2 Å². The van der Waals surface area contributed by atoms with E-state index in [1.165, 1.54) is 0 Å². The van der Waals surface area contributed by atoms with Crippen LogP contribution in [0.4, 0.5) is 0 Å². The molecule has 0 aliphatic carbocycles. The fraction of sp³-hybridized carbons (Fsp3) is 0.895. The third-order valence-corrected chi connectivity index (χ3v) is 3.88. The number of carbonyl (C=O) groups is 2. The van der Waals surface area contributed by atoms with Crippen LogP contribution in [0.5, 0.6) is 0 Å². The summed E-state index contributed by atoms with van der Waals surface area (Å²) in [6.07, 6.45) is 1.69. The van der Waals surface area contributed by atoms with Crippen molar-refractivity contribution in [3.05, 3.63) is 0 Å². The molecule has 0 rings (SSSR count). The SMILES string of the molecule is CCC(C)(C)COC(=O)CCC(NC(C)(C)C)C(=O)C(C)(C)C. The van der Waals surface area contributed by atoms with Gasteiger partial charge in [0.15, 0.2) is 5.78 Å². The van der Waals surface area contributed by atoms with Crippen LogP contribution in [0.25, 0.3) is 0 Å². The molecule has 136 valence electrons. The average molecular weight is 328 g/mol. The lowest BCUT2D eigenvalue weighted by Gasteiger charge is -2.31. The Kier molecular flexibility index (Phi) is 7.95. The molecule has 0 saturated carbocycles. The molecular formula is C19H37NO3. The Labute approximate surface area is 142 Å². The zero-order valence-corrected chi connectivity index (χ0v) is 16.6. The molecular weight excluding hydrogens is 290 g/mol. The Morgan fingerprint density at radius 2 is 1.52 bits per heavy atom. The van der Waals surface area contributed by atoms with Gasteiger partial charge in [-0.3, -0.25) is 9.59 Å². The smallest absolute Gasteiger partial charge is 0.305 e. The monoisotopic (exact) mass is 327 g/mol. The second-order valence-electron chi connectivity index (χ2n) is 9.28. The Bertz CT molecular complexity index is 400. The Balaban J connectivity index is 4.67. The molecule has 1 unspecified atom stereocenters. The lowest BCUT2D eigenvalue weighted by Crippen LogP contribution is -2.51. The van der Waals surface area contributed by atoms with Gasteiger partial charge >= 0.3 is 5.97 Å². The van der Waals surface area contributed by atoms with Gasteiger partial charge in [-0.25, -0.2) is 0 Å². The standard InChI is InChI=1S/C19H37NO3/c1-10-19(8,9)13-23-15(21)12-11-14(20-18(5,6)7)16(22)17(2,3)4/h14,20H,10-13H2,1-9H3. The predicted molar refractivity (Wildman–Crippen MR) is 95.4 cm³/mol. The van der Waals surface area contributed by atoms with Crippen LogP contribution < -0.4 is 5.32 Å². The van der Waals surface area contributed by atoms with Crippen LogP contribution in [-0.4, -0.2) is 29.9 Å². The average Bonchev–Trinajstić information content (AvgIpc) is 2.38. The van der Waals surface area contributed by atoms with Crippen LogP contribution in [0.15, 0.2) is 0 Å². The number of rotatable bonds is 8. The number of hydrogen-bond acceptors (Lipinski definition) is 4. The van der Waals surface area contributed by atoms with Crippen molar-refractivity contribution in [3.8, 4) is 0 Å². The van der Waals surface area contributed by atoms with Crippen LogP contribution in [0.1, 0.15) is 81.6 Å². The molecule has 0 aliphatic rings. The van der Waals surface area contributed by atoms with Crippen molar-refractivity contribution in [2.24, 2.45) is 10.8 Å². The van der Waals surface area contributed by atoms with Crippen LogP contribution in [0, 0.1) is 10.8 Å². The molecule has 4 nitrogen and oxygen atoms in total. The van der Waals surface area contributed by atoms with E-state index >= 15 is 0 Å². The molecule has 0 bridgehead atoms. The summed E-state index contributed by atoms with van der Waals surface area (Å²) in [5, 5.41) is 3.34. The Hall–Kier alpha value is -0.900. The molecule has 0 aromatic heterocycles. The van der Waals surface area contributed by atoms with Gasteiger partial charge in [-0.15, -0.1) is 0 Å². The van der Waals surface area contributed by atoms with Gasteiger partial charge in [-0.1, -0.05) is 41.5 Å². The minimum atomic E-state index is -0.434. The molecule has 0 aromatic rings. The van der Waals surface area contributed by atoms with Gasteiger partial charge in [0.1, 0.15) is 0 Å².